The first kappa shape index (κ1) is 16.7. The van der Waals surface area contributed by atoms with Gasteiger partial charge in [0.25, 0.3) is 0 Å². The SMILES string of the molecule is CCC(C(N)=S)S(=O)(=O)NCCS(=O)(=O)NC. The molecule has 0 aliphatic rings. The second-order valence-corrected chi connectivity index (χ2v) is 7.73. The summed E-state index contributed by atoms with van der Waals surface area (Å²) in [7, 11) is -5.89. The largest absolute Gasteiger partial charge is 0.392 e. The first-order valence-electron chi connectivity index (χ1n) is 4.85. The summed E-state index contributed by atoms with van der Waals surface area (Å²) in [5, 5.41) is -0.977. The summed E-state index contributed by atoms with van der Waals surface area (Å²) in [6.07, 6.45) is 0.240. The molecule has 7 nitrogen and oxygen atoms in total. The molecule has 1 atom stereocenters. The minimum atomic E-state index is -3.71. The van der Waals surface area contributed by atoms with Gasteiger partial charge < -0.3 is 5.73 Å². The van der Waals surface area contributed by atoms with Crippen molar-refractivity contribution in [1.29, 1.82) is 0 Å². The Bertz CT molecular complexity index is 457. The third kappa shape index (κ3) is 5.73. The van der Waals surface area contributed by atoms with Crippen molar-refractivity contribution in [3.8, 4) is 0 Å². The molecular formula is C7H17N3O4S3. The van der Waals surface area contributed by atoms with Crippen molar-refractivity contribution in [2.24, 2.45) is 5.73 Å². The van der Waals surface area contributed by atoms with Crippen molar-refractivity contribution in [3.05, 3.63) is 0 Å². The lowest BCUT2D eigenvalue weighted by molar-refractivity contribution is 0.573. The van der Waals surface area contributed by atoms with Crippen molar-refractivity contribution < 1.29 is 16.8 Å². The van der Waals surface area contributed by atoms with Crippen LogP contribution in [0.25, 0.3) is 0 Å². The van der Waals surface area contributed by atoms with E-state index >= 15 is 0 Å². The molecule has 0 aromatic heterocycles. The van der Waals surface area contributed by atoms with Crippen molar-refractivity contribution in [1.82, 2.24) is 9.44 Å². The molecule has 0 bridgehead atoms. The van der Waals surface area contributed by atoms with Crippen LogP contribution in [0.15, 0.2) is 0 Å². The predicted molar refractivity (Wildman–Crippen MR) is 70.6 cm³/mol. The maximum atomic E-state index is 11.7. The van der Waals surface area contributed by atoms with Crippen LogP contribution in [0.5, 0.6) is 0 Å². The lowest BCUT2D eigenvalue weighted by Crippen LogP contribution is -2.43. The van der Waals surface area contributed by atoms with Crippen molar-refractivity contribution >= 4 is 37.3 Å². The lowest BCUT2D eigenvalue weighted by atomic mass is 10.3. The van der Waals surface area contributed by atoms with Gasteiger partial charge in [-0.3, -0.25) is 0 Å². The average Bonchev–Trinajstić information content (AvgIpc) is 2.16. The third-order valence-electron chi connectivity index (χ3n) is 2.05. The van der Waals surface area contributed by atoms with Gasteiger partial charge in [0.15, 0.2) is 0 Å². The zero-order valence-corrected chi connectivity index (χ0v) is 12.1. The van der Waals surface area contributed by atoms with Gasteiger partial charge in [-0.2, -0.15) is 0 Å². The lowest BCUT2D eigenvalue weighted by Gasteiger charge is -2.14. The van der Waals surface area contributed by atoms with Crippen molar-refractivity contribution in [2.75, 3.05) is 19.3 Å². The maximum Gasteiger partial charge on any atom is 0.221 e. The number of hydrogen-bond donors (Lipinski definition) is 3. The highest BCUT2D eigenvalue weighted by atomic mass is 32.2. The fourth-order valence-electron chi connectivity index (χ4n) is 1.09. The Labute approximate surface area is 107 Å². The highest BCUT2D eigenvalue weighted by Gasteiger charge is 2.26. The van der Waals surface area contributed by atoms with Crippen LogP contribution >= 0.6 is 12.2 Å². The summed E-state index contributed by atoms with van der Waals surface area (Å²) in [6.45, 7) is 1.41. The fourth-order valence-corrected chi connectivity index (χ4v) is 3.68. The average molecular weight is 303 g/mol. The van der Waals surface area contributed by atoms with Crippen LogP contribution in [0.3, 0.4) is 0 Å². The first-order valence-corrected chi connectivity index (χ1v) is 8.46. The van der Waals surface area contributed by atoms with Gasteiger partial charge in [0.2, 0.25) is 20.0 Å². The van der Waals surface area contributed by atoms with Crippen molar-refractivity contribution in [2.45, 2.75) is 18.6 Å². The van der Waals surface area contributed by atoms with Gasteiger partial charge in [-0.05, 0) is 13.5 Å². The zero-order valence-electron chi connectivity index (χ0n) is 9.63. The molecule has 0 aromatic carbocycles. The van der Waals surface area contributed by atoms with Crippen LogP contribution in [-0.2, 0) is 20.0 Å². The molecule has 4 N–H and O–H groups in total. The van der Waals surface area contributed by atoms with E-state index in [0.717, 1.165) is 0 Å². The molecule has 0 amide bonds. The first-order chi connectivity index (χ1) is 7.66. The number of nitrogens with two attached hydrogens (primary N) is 1. The number of hydrogen-bond acceptors (Lipinski definition) is 5. The molecule has 0 aliphatic carbocycles. The predicted octanol–water partition coefficient (Wildman–Crippen LogP) is -1.48. The zero-order chi connectivity index (χ0) is 13.7. The van der Waals surface area contributed by atoms with Gasteiger partial charge in [-0.15, -0.1) is 0 Å². The molecule has 1 unspecified atom stereocenters. The Morgan fingerprint density at radius 2 is 1.88 bits per heavy atom. The van der Waals surface area contributed by atoms with Crippen LogP contribution in [0.2, 0.25) is 0 Å². The molecule has 0 fully saturated rings. The van der Waals surface area contributed by atoms with E-state index in [-0.39, 0.29) is 23.7 Å². The van der Waals surface area contributed by atoms with Gasteiger partial charge in [0.1, 0.15) is 5.25 Å². The standard InChI is InChI=1S/C7H17N3O4S3/c1-3-6(7(8)15)17(13,14)10-4-5-16(11,12)9-2/h6,9-10H,3-5H2,1-2H3,(H2,8,15). The molecule has 102 valence electrons. The van der Waals surface area contributed by atoms with Gasteiger partial charge in [-0.25, -0.2) is 26.3 Å². The van der Waals surface area contributed by atoms with E-state index in [1.54, 1.807) is 6.92 Å². The molecule has 0 heterocycles. The Morgan fingerprint density at radius 1 is 1.35 bits per heavy atom. The second kappa shape index (κ2) is 6.59. The summed E-state index contributed by atoms with van der Waals surface area (Å²) in [4.78, 5) is -0.128. The van der Waals surface area contributed by atoms with E-state index in [1.807, 2.05) is 0 Å². The normalized spacial score (nSPS) is 14.5. The summed E-state index contributed by atoms with van der Waals surface area (Å²) in [6, 6.07) is 0. The highest BCUT2D eigenvalue weighted by Crippen LogP contribution is 2.04. The van der Waals surface area contributed by atoms with E-state index in [4.69, 9.17) is 5.73 Å². The number of nitrogens with one attached hydrogen (secondary N) is 2. The van der Waals surface area contributed by atoms with Crippen LogP contribution in [0.4, 0.5) is 0 Å². The smallest absolute Gasteiger partial charge is 0.221 e. The van der Waals surface area contributed by atoms with Crippen molar-refractivity contribution in [3.63, 3.8) is 0 Å². The Kier molecular flexibility index (Phi) is 6.48. The Morgan fingerprint density at radius 3 is 2.24 bits per heavy atom. The highest BCUT2D eigenvalue weighted by molar-refractivity contribution is 7.93. The van der Waals surface area contributed by atoms with E-state index in [1.165, 1.54) is 7.05 Å². The molecule has 17 heavy (non-hydrogen) atoms. The van der Waals surface area contributed by atoms with Crippen LogP contribution in [0.1, 0.15) is 13.3 Å². The summed E-state index contributed by atoms with van der Waals surface area (Å²) >= 11 is 4.64. The quantitative estimate of drug-likeness (QED) is 0.471. The van der Waals surface area contributed by atoms with Crippen LogP contribution < -0.4 is 15.2 Å². The fraction of sp³-hybridized carbons (Fsp3) is 0.857. The van der Waals surface area contributed by atoms with Gasteiger partial charge in [0, 0.05) is 6.54 Å². The topological polar surface area (TPSA) is 118 Å². The molecule has 0 aromatic rings. The monoisotopic (exact) mass is 303 g/mol. The minimum absolute atomic E-state index is 0.128. The number of sulfonamides is 2. The molecule has 0 rings (SSSR count). The van der Waals surface area contributed by atoms with Gasteiger partial charge >= 0.3 is 0 Å². The van der Waals surface area contributed by atoms with E-state index in [0.29, 0.717) is 0 Å². The Balaban J connectivity index is 4.53. The van der Waals surface area contributed by atoms with Gasteiger partial charge in [-0.1, -0.05) is 19.1 Å². The Hall–Kier alpha value is -0.290. The van der Waals surface area contributed by atoms with E-state index in [2.05, 4.69) is 21.7 Å². The van der Waals surface area contributed by atoms with Crippen LogP contribution in [-0.4, -0.2) is 46.4 Å². The summed E-state index contributed by atoms with van der Waals surface area (Å²) < 4.78 is 49.7. The van der Waals surface area contributed by atoms with E-state index in [9.17, 15) is 16.8 Å². The molecule has 10 heteroatoms. The maximum absolute atomic E-state index is 11.7. The summed E-state index contributed by atoms with van der Waals surface area (Å²) in [5.41, 5.74) is 5.30. The van der Waals surface area contributed by atoms with E-state index < -0.39 is 25.3 Å². The molecule has 0 saturated heterocycles. The number of thiocarbonyl (C=S) groups is 1. The third-order valence-corrected chi connectivity index (χ3v) is 5.79. The second-order valence-electron chi connectivity index (χ2n) is 3.26. The molecular weight excluding hydrogens is 286 g/mol. The molecule has 0 spiro atoms. The molecule has 0 aliphatic heterocycles. The van der Waals surface area contributed by atoms with Gasteiger partial charge in [0.05, 0.1) is 10.7 Å². The summed E-state index contributed by atoms with van der Waals surface area (Å²) in [5.74, 6) is -0.337. The molecule has 0 radical (unpaired) electrons. The number of rotatable bonds is 8. The molecule has 0 saturated carbocycles. The van der Waals surface area contributed by atoms with Crippen LogP contribution in [0, 0.1) is 0 Å². The minimum Gasteiger partial charge on any atom is -0.392 e.